The van der Waals surface area contributed by atoms with Crippen LogP contribution in [0.15, 0.2) is 18.2 Å². The Balaban J connectivity index is 2.61. The van der Waals surface area contributed by atoms with Crippen LogP contribution in [-0.2, 0) is 4.79 Å². The van der Waals surface area contributed by atoms with Crippen LogP contribution in [0.1, 0.15) is 43.5 Å². The fourth-order valence-corrected chi connectivity index (χ4v) is 1.93. The molecule has 0 aliphatic heterocycles. The smallest absolute Gasteiger partial charge is 0.335 e. The predicted octanol–water partition coefficient (Wildman–Crippen LogP) is 2.62. The van der Waals surface area contributed by atoms with E-state index in [1.54, 1.807) is 0 Å². The summed E-state index contributed by atoms with van der Waals surface area (Å²) in [6.45, 7) is 4.60. The number of halogens is 1. The first kappa shape index (κ1) is 17.1. The molecule has 1 rings (SSSR count). The second-order valence-electron chi connectivity index (χ2n) is 5.75. The van der Waals surface area contributed by atoms with Gasteiger partial charge in [0.05, 0.1) is 11.3 Å². The molecule has 0 spiro atoms. The van der Waals surface area contributed by atoms with Crippen molar-refractivity contribution >= 4 is 17.6 Å². The Hall–Kier alpha value is -1.95. The van der Waals surface area contributed by atoms with Gasteiger partial charge in [0.25, 0.3) is 0 Å². The Kier molecular flexibility index (Phi) is 5.84. The number of carboxylic acids is 1. The van der Waals surface area contributed by atoms with Crippen LogP contribution >= 0.6 is 0 Å². The van der Waals surface area contributed by atoms with Gasteiger partial charge in [0.2, 0.25) is 5.91 Å². The van der Waals surface area contributed by atoms with Gasteiger partial charge < -0.3 is 16.2 Å². The van der Waals surface area contributed by atoms with Crippen LogP contribution in [0, 0.1) is 11.2 Å². The minimum atomic E-state index is -1.21. The molecule has 1 aromatic rings. The molecular formula is C15H21FN2O3. The van der Waals surface area contributed by atoms with E-state index in [9.17, 15) is 14.0 Å². The zero-order valence-corrected chi connectivity index (χ0v) is 12.3. The van der Waals surface area contributed by atoms with Gasteiger partial charge in [0, 0.05) is 6.42 Å². The molecule has 116 valence electrons. The molecule has 0 atom stereocenters. The maximum atomic E-state index is 13.7. The number of hydrogen-bond acceptors (Lipinski definition) is 3. The molecule has 0 aliphatic rings. The standard InChI is InChI=1S/C15H21FN2O3/c1-15(2,7-8-17)6-5-13(19)18-12-4-3-10(14(20)21)9-11(12)16/h3-4,9H,5-8,17H2,1-2H3,(H,18,19)(H,20,21). The first-order valence-electron chi connectivity index (χ1n) is 6.78. The fourth-order valence-electron chi connectivity index (χ4n) is 1.93. The number of carbonyl (C=O) groups is 2. The number of carboxylic acid groups (broad SMARTS) is 1. The molecule has 4 N–H and O–H groups in total. The molecule has 0 aromatic heterocycles. The van der Waals surface area contributed by atoms with Gasteiger partial charge in [-0.2, -0.15) is 0 Å². The van der Waals surface area contributed by atoms with E-state index in [1.165, 1.54) is 12.1 Å². The highest BCUT2D eigenvalue weighted by molar-refractivity contribution is 5.92. The molecule has 1 aromatic carbocycles. The number of nitrogens with two attached hydrogens (primary N) is 1. The molecule has 0 fully saturated rings. The molecular weight excluding hydrogens is 275 g/mol. The summed E-state index contributed by atoms with van der Waals surface area (Å²) in [5, 5.41) is 11.2. The molecule has 6 heteroatoms. The van der Waals surface area contributed by atoms with E-state index in [0.29, 0.717) is 13.0 Å². The van der Waals surface area contributed by atoms with E-state index < -0.39 is 11.8 Å². The summed E-state index contributed by atoms with van der Waals surface area (Å²) < 4.78 is 13.7. The van der Waals surface area contributed by atoms with Crippen LogP contribution in [0.2, 0.25) is 0 Å². The fraction of sp³-hybridized carbons (Fsp3) is 0.467. The molecule has 0 aliphatic carbocycles. The number of amides is 1. The number of anilines is 1. The molecule has 21 heavy (non-hydrogen) atoms. The highest BCUT2D eigenvalue weighted by Gasteiger charge is 2.19. The lowest BCUT2D eigenvalue weighted by Gasteiger charge is -2.23. The Morgan fingerprint density at radius 2 is 2.00 bits per heavy atom. The second-order valence-corrected chi connectivity index (χ2v) is 5.75. The van der Waals surface area contributed by atoms with Gasteiger partial charge in [0.15, 0.2) is 0 Å². The van der Waals surface area contributed by atoms with E-state index in [1.807, 2.05) is 13.8 Å². The number of benzene rings is 1. The number of aromatic carboxylic acids is 1. The van der Waals surface area contributed by atoms with Crippen molar-refractivity contribution in [2.75, 3.05) is 11.9 Å². The molecule has 0 heterocycles. The summed E-state index contributed by atoms with van der Waals surface area (Å²) in [7, 11) is 0. The van der Waals surface area contributed by atoms with E-state index >= 15 is 0 Å². The maximum absolute atomic E-state index is 13.7. The van der Waals surface area contributed by atoms with E-state index in [2.05, 4.69) is 5.32 Å². The lowest BCUT2D eigenvalue weighted by molar-refractivity contribution is -0.116. The average Bonchev–Trinajstić information content (AvgIpc) is 2.38. The molecule has 0 bridgehead atoms. The zero-order valence-electron chi connectivity index (χ0n) is 12.3. The van der Waals surface area contributed by atoms with Gasteiger partial charge in [0.1, 0.15) is 5.82 Å². The summed E-state index contributed by atoms with van der Waals surface area (Å²) in [5.41, 5.74) is 5.29. The van der Waals surface area contributed by atoms with Crippen molar-refractivity contribution in [1.82, 2.24) is 0 Å². The Morgan fingerprint density at radius 3 is 2.52 bits per heavy atom. The van der Waals surface area contributed by atoms with Crippen molar-refractivity contribution in [3.63, 3.8) is 0 Å². The SMILES string of the molecule is CC(C)(CCN)CCC(=O)Nc1ccc(C(=O)O)cc1F. The zero-order chi connectivity index (χ0) is 16.0. The van der Waals surface area contributed by atoms with Crippen molar-refractivity contribution in [2.45, 2.75) is 33.1 Å². The molecule has 0 saturated heterocycles. The van der Waals surface area contributed by atoms with E-state index in [4.69, 9.17) is 10.8 Å². The highest BCUT2D eigenvalue weighted by Crippen LogP contribution is 2.26. The summed E-state index contributed by atoms with van der Waals surface area (Å²) in [6.07, 6.45) is 1.71. The quantitative estimate of drug-likeness (QED) is 0.721. The third-order valence-electron chi connectivity index (χ3n) is 3.34. The van der Waals surface area contributed by atoms with Crippen molar-refractivity contribution in [3.8, 4) is 0 Å². The van der Waals surface area contributed by atoms with Gasteiger partial charge in [-0.15, -0.1) is 0 Å². The van der Waals surface area contributed by atoms with E-state index in [-0.39, 0.29) is 29.0 Å². The van der Waals surface area contributed by atoms with Crippen molar-refractivity contribution < 1.29 is 19.1 Å². The van der Waals surface area contributed by atoms with Gasteiger partial charge in [-0.05, 0) is 43.0 Å². The number of hydrogen-bond donors (Lipinski definition) is 3. The van der Waals surface area contributed by atoms with Gasteiger partial charge in [-0.3, -0.25) is 4.79 Å². The van der Waals surface area contributed by atoms with Crippen molar-refractivity contribution in [2.24, 2.45) is 11.1 Å². The van der Waals surface area contributed by atoms with Crippen LogP contribution in [0.5, 0.6) is 0 Å². The van der Waals surface area contributed by atoms with Crippen LogP contribution in [0.4, 0.5) is 10.1 Å². The number of rotatable bonds is 7. The van der Waals surface area contributed by atoms with Crippen molar-refractivity contribution in [3.05, 3.63) is 29.6 Å². The summed E-state index contributed by atoms with van der Waals surface area (Å²) in [6, 6.07) is 3.39. The molecule has 5 nitrogen and oxygen atoms in total. The Morgan fingerprint density at radius 1 is 1.33 bits per heavy atom. The molecule has 0 saturated carbocycles. The average molecular weight is 296 g/mol. The number of nitrogens with one attached hydrogen (secondary N) is 1. The van der Waals surface area contributed by atoms with E-state index in [0.717, 1.165) is 12.5 Å². The van der Waals surface area contributed by atoms with Crippen molar-refractivity contribution in [1.29, 1.82) is 0 Å². The lowest BCUT2D eigenvalue weighted by atomic mass is 9.84. The Labute approximate surface area is 123 Å². The van der Waals surface area contributed by atoms with Gasteiger partial charge in [-0.1, -0.05) is 13.8 Å². The van der Waals surface area contributed by atoms with Gasteiger partial charge >= 0.3 is 5.97 Å². The van der Waals surface area contributed by atoms with Crippen LogP contribution in [0.3, 0.4) is 0 Å². The van der Waals surface area contributed by atoms with Crippen LogP contribution in [0.25, 0.3) is 0 Å². The monoisotopic (exact) mass is 296 g/mol. The van der Waals surface area contributed by atoms with Gasteiger partial charge in [-0.25, -0.2) is 9.18 Å². The first-order chi connectivity index (χ1) is 9.75. The summed E-state index contributed by atoms with van der Waals surface area (Å²) in [5.74, 6) is -2.28. The topological polar surface area (TPSA) is 92.4 Å². The van der Waals surface area contributed by atoms with Crippen LogP contribution in [-0.4, -0.2) is 23.5 Å². The largest absolute Gasteiger partial charge is 0.478 e. The third-order valence-corrected chi connectivity index (χ3v) is 3.34. The minimum absolute atomic E-state index is 0.0124. The number of carbonyl (C=O) groups excluding carboxylic acids is 1. The minimum Gasteiger partial charge on any atom is -0.478 e. The predicted molar refractivity (Wildman–Crippen MR) is 78.7 cm³/mol. The summed E-state index contributed by atoms with van der Waals surface area (Å²) >= 11 is 0. The highest BCUT2D eigenvalue weighted by atomic mass is 19.1. The second kappa shape index (κ2) is 7.17. The molecule has 1 amide bonds. The maximum Gasteiger partial charge on any atom is 0.335 e. The lowest BCUT2D eigenvalue weighted by Crippen LogP contribution is -2.21. The van der Waals surface area contributed by atoms with Crippen LogP contribution < -0.4 is 11.1 Å². The Bertz CT molecular complexity index is 530. The molecule has 0 unspecified atom stereocenters. The first-order valence-corrected chi connectivity index (χ1v) is 6.78. The third kappa shape index (κ3) is 5.51. The normalized spacial score (nSPS) is 11.2. The summed E-state index contributed by atoms with van der Waals surface area (Å²) in [4.78, 5) is 22.5. The molecule has 0 radical (unpaired) electrons.